The van der Waals surface area contributed by atoms with Gasteiger partial charge in [0.25, 0.3) is 0 Å². The molecule has 0 saturated carbocycles. The number of carbonyl (C=O) groups is 2. The van der Waals surface area contributed by atoms with Gasteiger partial charge in [-0.05, 0) is 50.0 Å². The van der Waals surface area contributed by atoms with Crippen molar-refractivity contribution in [3.63, 3.8) is 0 Å². The van der Waals surface area contributed by atoms with Crippen LogP contribution in [0.2, 0.25) is 0 Å². The summed E-state index contributed by atoms with van der Waals surface area (Å²) in [4.78, 5) is 25.4. The molecule has 1 rings (SSSR count). The summed E-state index contributed by atoms with van der Waals surface area (Å²) >= 11 is 0. The number of unbranched alkanes of at least 4 members (excludes halogenated alkanes) is 1. The van der Waals surface area contributed by atoms with E-state index >= 15 is 0 Å². The SMILES string of the molecule is CC=CCCCC(Cc1ccccc1)(C(=O)O)C(CC)(C(=O)O)C(C)(C)C. The number of allylic oxidation sites excluding steroid dienone is 2. The predicted molar refractivity (Wildman–Crippen MR) is 109 cm³/mol. The first kappa shape index (κ1) is 22.9. The van der Waals surface area contributed by atoms with Gasteiger partial charge < -0.3 is 10.2 Å². The van der Waals surface area contributed by atoms with Crippen molar-refractivity contribution in [2.75, 3.05) is 0 Å². The number of rotatable bonds is 10. The molecule has 0 aromatic heterocycles. The molecule has 2 unspecified atom stereocenters. The Morgan fingerprint density at radius 2 is 1.63 bits per heavy atom. The Morgan fingerprint density at radius 3 is 2.04 bits per heavy atom. The second-order valence-corrected chi connectivity index (χ2v) is 8.32. The van der Waals surface area contributed by atoms with Gasteiger partial charge >= 0.3 is 11.9 Å². The van der Waals surface area contributed by atoms with Crippen LogP contribution < -0.4 is 0 Å². The van der Waals surface area contributed by atoms with Crippen molar-refractivity contribution in [3.8, 4) is 0 Å². The summed E-state index contributed by atoms with van der Waals surface area (Å²) in [6, 6.07) is 9.38. The molecule has 0 saturated heterocycles. The molecule has 0 bridgehead atoms. The zero-order valence-corrected chi connectivity index (χ0v) is 17.3. The summed E-state index contributed by atoms with van der Waals surface area (Å²) in [5.74, 6) is -2.05. The Kier molecular flexibility index (Phi) is 7.82. The first-order chi connectivity index (χ1) is 12.6. The molecule has 0 aliphatic rings. The molecular formula is C23H34O4. The van der Waals surface area contributed by atoms with E-state index in [9.17, 15) is 19.8 Å². The topological polar surface area (TPSA) is 74.6 Å². The van der Waals surface area contributed by atoms with Gasteiger partial charge in [0.15, 0.2) is 0 Å². The molecule has 150 valence electrons. The molecule has 4 heteroatoms. The van der Waals surface area contributed by atoms with Crippen LogP contribution in [0.4, 0.5) is 0 Å². The molecule has 0 spiro atoms. The van der Waals surface area contributed by atoms with Gasteiger partial charge in [0.2, 0.25) is 0 Å². The van der Waals surface area contributed by atoms with E-state index < -0.39 is 28.2 Å². The third-order valence-corrected chi connectivity index (χ3v) is 5.96. The third-order valence-electron chi connectivity index (χ3n) is 5.96. The van der Waals surface area contributed by atoms with Crippen LogP contribution in [0.3, 0.4) is 0 Å². The number of hydrogen-bond donors (Lipinski definition) is 2. The van der Waals surface area contributed by atoms with Gasteiger partial charge in [-0.1, -0.05) is 70.2 Å². The highest BCUT2D eigenvalue weighted by Gasteiger charge is 2.64. The van der Waals surface area contributed by atoms with Crippen molar-refractivity contribution >= 4 is 11.9 Å². The maximum atomic E-state index is 12.8. The Bertz CT molecular complexity index is 657. The first-order valence-corrected chi connectivity index (χ1v) is 9.71. The predicted octanol–water partition coefficient (Wildman–Crippen LogP) is 5.57. The second kappa shape index (κ2) is 9.20. The summed E-state index contributed by atoms with van der Waals surface area (Å²) in [6.07, 6.45) is 6.09. The van der Waals surface area contributed by atoms with E-state index in [4.69, 9.17) is 0 Å². The molecule has 2 N–H and O–H groups in total. The number of carboxylic acids is 2. The molecular weight excluding hydrogens is 340 g/mol. The van der Waals surface area contributed by atoms with E-state index in [0.717, 1.165) is 12.0 Å². The van der Waals surface area contributed by atoms with Gasteiger partial charge in [-0.3, -0.25) is 9.59 Å². The van der Waals surface area contributed by atoms with Crippen molar-refractivity contribution in [1.82, 2.24) is 0 Å². The lowest BCUT2D eigenvalue weighted by atomic mass is 9.48. The lowest BCUT2D eigenvalue weighted by Gasteiger charge is -2.52. The fourth-order valence-electron chi connectivity index (χ4n) is 4.71. The average Bonchev–Trinajstić information content (AvgIpc) is 2.58. The highest BCUT2D eigenvalue weighted by Crippen LogP contribution is 2.58. The molecule has 0 fully saturated rings. The van der Waals surface area contributed by atoms with Crippen LogP contribution in [0.5, 0.6) is 0 Å². The van der Waals surface area contributed by atoms with Gasteiger partial charge in [-0.15, -0.1) is 0 Å². The van der Waals surface area contributed by atoms with Gasteiger partial charge in [-0.2, -0.15) is 0 Å². The molecule has 1 aromatic rings. The van der Waals surface area contributed by atoms with Crippen molar-refractivity contribution < 1.29 is 19.8 Å². The zero-order valence-electron chi connectivity index (χ0n) is 17.3. The molecule has 0 heterocycles. The molecule has 1 aromatic carbocycles. The molecule has 2 atom stereocenters. The van der Waals surface area contributed by atoms with Crippen LogP contribution in [0, 0.1) is 16.2 Å². The lowest BCUT2D eigenvalue weighted by Crippen LogP contribution is -2.60. The van der Waals surface area contributed by atoms with E-state index in [0.29, 0.717) is 12.8 Å². The van der Waals surface area contributed by atoms with Crippen molar-refractivity contribution in [1.29, 1.82) is 0 Å². The molecule has 0 amide bonds. The van der Waals surface area contributed by atoms with Crippen LogP contribution in [0.15, 0.2) is 42.5 Å². The van der Waals surface area contributed by atoms with Crippen LogP contribution in [-0.4, -0.2) is 22.2 Å². The van der Waals surface area contributed by atoms with E-state index in [1.165, 1.54) is 0 Å². The van der Waals surface area contributed by atoms with Crippen molar-refractivity contribution in [3.05, 3.63) is 48.0 Å². The summed E-state index contributed by atoms with van der Waals surface area (Å²) in [6.45, 7) is 9.27. The number of benzene rings is 1. The van der Waals surface area contributed by atoms with Gasteiger partial charge in [0.05, 0.1) is 10.8 Å². The average molecular weight is 375 g/mol. The van der Waals surface area contributed by atoms with E-state index in [2.05, 4.69) is 0 Å². The number of aliphatic carboxylic acids is 2. The maximum Gasteiger partial charge on any atom is 0.311 e. The fraction of sp³-hybridized carbons (Fsp3) is 0.565. The summed E-state index contributed by atoms with van der Waals surface area (Å²) < 4.78 is 0. The Balaban J connectivity index is 3.65. The lowest BCUT2D eigenvalue weighted by molar-refractivity contribution is -0.189. The highest BCUT2D eigenvalue weighted by atomic mass is 16.4. The molecule has 4 nitrogen and oxygen atoms in total. The van der Waals surface area contributed by atoms with Gasteiger partial charge in [0.1, 0.15) is 0 Å². The zero-order chi connectivity index (χ0) is 20.7. The monoisotopic (exact) mass is 374 g/mol. The highest BCUT2D eigenvalue weighted by molar-refractivity contribution is 5.87. The Morgan fingerprint density at radius 1 is 1.04 bits per heavy atom. The fourth-order valence-corrected chi connectivity index (χ4v) is 4.71. The third kappa shape index (κ3) is 4.42. The van der Waals surface area contributed by atoms with E-state index in [1.54, 1.807) is 6.92 Å². The molecule has 0 radical (unpaired) electrons. The maximum absolute atomic E-state index is 12.8. The summed E-state index contributed by atoms with van der Waals surface area (Å²) in [5.41, 5.74) is -2.65. The minimum Gasteiger partial charge on any atom is -0.481 e. The molecule has 0 aliphatic heterocycles. The van der Waals surface area contributed by atoms with Crippen molar-refractivity contribution in [2.45, 2.75) is 66.7 Å². The number of carboxylic acid groups (broad SMARTS) is 2. The van der Waals surface area contributed by atoms with Gasteiger partial charge in [0, 0.05) is 0 Å². The standard InChI is InChI=1S/C23H34O4/c1-6-8-9-13-16-22(19(24)25,17-18-14-11-10-12-15-18)23(7-2,20(26)27)21(3,4)5/h6,8,10-12,14-15H,7,9,13,16-17H2,1-5H3,(H,24,25)(H,26,27). The molecule has 27 heavy (non-hydrogen) atoms. The van der Waals surface area contributed by atoms with Gasteiger partial charge in [-0.25, -0.2) is 0 Å². The Labute approximate surface area is 163 Å². The van der Waals surface area contributed by atoms with Crippen LogP contribution in [0.1, 0.15) is 65.9 Å². The van der Waals surface area contributed by atoms with E-state index in [1.807, 2.05) is 70.2 Å². The smallest absolute Gasteiger partial charge is 0.311 e. The van der Waals surface area contributed by atoms with E-state index in [-0.39, 0.29) is 12.8 Å². The normalized spacial score (nSPS) is 16.6. The molecule has 0 aliphatic carbocycles. The summed E-state index contributed by atoms with van der Waals surface area (Å²) in [7, 11) is 0. The minimum atomic E-state index is -1.39. The van der Waals surface area contributed by atoms with Crippen LogP contribution >= 0.6 is 0 Å². The van der Waals surface area contributed by atoms with Crippen molar-refractivity contribution in [2.24, 2.45) is 16.2 Å². The Hall–Kier alpha value is -2.10. The largest absolute Gasteiger partial charge is 0.481 e. The van der Waals surface area contributed by atoms with Crippen LogP contribution in [0.25, 0.3) is 0 Å². The second-order valence-electron chi connectivity index (χ2n) is 8.32. The number of hydrogen-bond acceptors (Lipinski definition) is 2. The first-order valence-electron chi connectivity index (χ1n) is 9.71. The quantitative estimate of drug-likeness (QED) is 0.414. The van der Waals surface area contributed by atoms with Crippen LogP contribution in [-0.2, 0) is 16.0 Å². The minimum absolute atomic E-state index is 0.205. The summed E-state index contributed by atoms with van der Waals surface area (Å²) in [5, 5.41) is 20.8.